The van der Waals surface area contributed by atoms with Crippen molar-refractivity contribution in [2.24, 2.45) is 4.99 Å². The van der Waals surface area contributed by atoms with Crippen molar-refractivity contribution in [3.8, 4) is 0 Å². The van der Waals surface area contributed by atoms with Gasteiger partial charge in [-0.15, -0.1) is 0 Å². The second kappa shape index (κ2) is 4.31. The zero-order chi connectivity index (χ0) is 6.41. The maximum Gasteiger partial charge on any atom is 0.0266 e. The standard InChI is InChI=1S/C7H11N/c1-4-8-6-5-7(2)3/h4-6H,2H2,1,3H3/b6-5-,8-4?. The molecule has 0 aliphatic carbocycles. The summed E-state index contributed by atoms with van der Waals surface area (Å²) in [5.41, 5.74) is 1.02. The number of nitrogens with zero attached hydrogens (tertiary/aromatic N) is 1. The average molecular weight is 109 g/mol. The van der Waals surface area contributed by atoms with Gasteiger partial charge in [0.1, 0.15) is 0 Å². The maximum absolute atomic E-state index is 3.85. The molecule has 0 fully saturated rings. The molecule has 0 heterocycles. The largest absolute Gasteiger partial charge is 0.269 e. The van der Waals surface area contributed by atoms with Crippen molar-refractivity contribution in [1.29, 1.82) is 0 Å². The van der Waals surface area contributed by atoms with Crippen molar-refractivity contribution in [2.45, 2.75) is 13.8 Å². The minimum absolute atomic E-state index is 1.02. The molecule has 0 atom stereocenters. The van der Waals surface area contributed by atoms with Gasteiger partial charge in [0.05, 0.1) is 0 Å². The Hall–Kier alpha value is -0.850. The topological polar surface area (TPSA) is 12.4 Å². The SMILES string of the molecule is C=C(C)/C=C\N=CC. The van der Waals surface area contributed by atoms with E-state index in [4.69, 9.17) is 0 Å². The van der Waals surface area contributed by atoms with Gasteiger partial charge >= 0.3 is 0 Å². The molecule has 0 N–H and O–H groups in total. The summed E-state index contributed by atoms with van der Waals surface area (Å²) in [6.07, 6.45) is 5.32. The van der Waals surface area contributed by atoms with Crippen LogP contribution in [0, 0.1) is 0 Å². The molecule has 0 bridgehead atoms. The molecule has 0 aliphatic rings. The highest BCUT2D eigenvalue weighted by molar-refractivity contribution is 5.54. The fraction of sp³-hybridized carbons (Fsp3) is 0.286. The first-order chi connectivity index (χ1) is 3.77. The van der Waals surface area contributed by atoms with E-state index in [9.17, 15) is 0 Å². The third-order valence-electron chi connectivity index (χ3n) is 0.594. The van der Waals surface area contributed by atoms with Gasteiger partial charge in [-0.2, -0.15) is 0 Å². The summed E-state index contributed by atoms with van der Waals surface area (Å²) in [6.45, 7) is 7.48. The molecule has 1 heteroatoms. The van der Waals surface area contributed by atoms with Crippen molar-refractivity contribution in [3.05, 3.63) is 24.4 Å². The van der Waals surface area contributed by atoms with Crippen molar-refractivity contribution >= 4 is 6.21 Å². The number of aliphatic imine (C=N–C) groups is 1. The Balaban J connectivity index is 3.50. The minimum atomic E-state index is 1.02. The molecule has 0 saturated heterocycles. The summed E-state index contributed by atoms with van der Waals surface area (Å²) in [4.78, 5) is 3.85. The second-order valence-corrected chi connectivity index (χ2v) is 1.57. The summed E-state index contributed by atoms with van der Waals surface area (Å²) < 4.78 is 0. The van der Waals surface area contributed by atoms with Crippen molar-refractivity contribution in [1.82, 2.24) is 0 Å². The Bertz CT molecular complexity index is 120. The van der Waals surface area contributed by atoms with Crippen LogP contribution >= 0.6 is 0 Å². The lowest BCUT2D eigenvalue weighted by atomic mass is 10.3. The van der Waals surface area contributed by atoms with Gasteiger partial charge in [0.2, 0.25) is 0 Å². The lowest BCUT2D eigenvalue weighted by Gasteiger charge is -1.78. The Morgan fingerprint density at radius 2 is 2.25 bits per heavy atom. The van der Waals surface area contributed by atoms with E-state index in [2.05, 4.69) is 11.6 Å². The van der Waals surface area contributed by atoms with E-state index in [1.165, 1.54) is 0 Å². The Morgan fingerprint density at radius 3 is 2.62 bits per heavy atom. The average Bonchev–Trinajstić information content (AvgIpc) is 1.66. The molecule has 0 aliphatic heterocycles. The summed E-state index contributed by atoms with van der Waals surface area (Å²) in [5, 5.41) is 0. The van der Waals surface area contributed by atoms with Gasteiger partial charge in [-0.3, -0.25) is 4.99 Å². The Morgan fingerprint density at radius 1 is 1.62 bits per heavy atom. The second-order valence-electron chi connectivity index (χ2n) is 1.57. The highest BCUT2D eigenvalue weighted by Crippen LogP contribution is 1.87. The molecule has 0 aromatic heterocycles. The lowest BCUT2D eigenvalue weighted by molar-refractivity contribution is 1.49. The van der Waals surface area contributed by atoms with Crippen molar-refractivity contribution < 1.29 is 0 Å². The van der Waals surface area contributed by atoms with Gasteiger partial charge in [0.25, 0.3) is 0 Å². The van der Waals surface area contributed by atoms with Gasteiger partial charge in [0.15, 0.2) is 0 Å². The number of allylic oxidation sites excluding steroid dienone is 2. The summed E-state index contributed by atoms with van der Waals surface area (Å²) >= 11 is 0. The summed E-state index contributed by atoms with van der Waals surface area (Å²) in [5.74, 6) is 0. The first kappa shape index (κ1) is 7.15. The van der Waals surface area contributed by atoms with Crippen LogP contribution in [0.1, 0.15) is 13.8 Å². The molecule has 0 unspecified atom stereocenters. The molecular formula is C7H11N. The Kier molecular flexibility index (Phi) is 3.85. The van der Waals surface area contributed by atoms with E-state index < -0.39 is 0 Å². The molecule has 44 valence electrons. The molecule has 0 spiro atoms. The van der Waals surface area contributed by atoms with Crippen molar-refractivity contribution in [2.75, 3.05) is 0 Å². The van der Waals surface area contributed by atoms with E-state index in [1.807, 2.05) is 19.9 Å². The molecule has 0 amide bonds. The van der Waals surface area contributed by atoms with E-state index in [0.717, 1.165) is 5.57 Å². The molecule has 0 aromatic carbocycles. The third kappa shape index (κ3) is 5.15. The molecule has 0 saturated carbocycles. The zero-order valence-corrected chi connectivity index (χ0v) is 5.39. The maximum atomic E-state index is 3.85. The molecule has 0 radical (unpaired) electrons. The van der Waals surface area contributed by atoms with Crippen molar-refractivity contribution in [3.63, 3.8) is 0 Å². The number of hydrogen-bond donors (Lipinski definition) is 0. The van der Waals surface area contributed by atoms with Crippen LogP contribution in [-0.2, 0) is 0 Å². The van der Waals surface area contributed by atoms with Gasteiger partial charge in [-0.05, 0) is 19.9 Å². The lowest BCUT2D eigenvalue weighted by Crippen LogP contribution is -1.59. The predicted octanol–water partition coefficient (Wildman–Crippen LogP) is 2.17. The van der Waals surface area contributed by atoms with E-state index >= 15 is 0 Å². The van der Waals surface area contributed by atoms with E-state index in [0.29, 0.717) is 0 Å². The van der Waals surface area contributed by atoms with Crippen LogP contribution in [0.5, 0.6) is 0 Å². The highest BCUT2D eigenvalue weighted by atomic mass is 14.6. The first-order valence-electron chi connectivity index (χ1n) is 2.57. The molecule has 0 aromatic rings. The zero-order valence-electron chi connectivity index (χ0n) is 5.39. The minimum Gasteiger partial charge on any atom is -0.269 e. The van der Waals surface area contributed by atoms with Crippen LogP contribution < -0.4 is 0 Å². The monoisotopic (exact) mass is 109 g/mol. The Labute approximate surface area is 50.4 Å². The number of hydrogen-bond acceptors (Lipinski definition) is 1. The third-order valence-corrected chi connectivity index (χ3v) is 0.594. The molecule has 1 nitrogen and oxygen atoms in total. The normalized spacial score (nSPS) is 11.2. The highest BCUT2D eigenvalue weighted by Gasteiger charge is 1.67. The van der Waals surface area contributed by atoms with Crippen LogP contribution in [0.15, 0.2) is 29.4 Å². The molecule has 0 rings (SSSR count). The van der Waals surface area contributed by atoms with Crippen LogP contribution in [0.2, 0.25) is 0 Å². The van der Waals surface area contributed by atoms with Crippen LogP contribution in [-0.4, -0.2) is 6.21 Å². The fourth-order valence-corrected chi connectivity index (χ4v) is 0.256. The summed E-state index contributed by atoms with van der Waals surface area (Å²) in [6, 6.07) is 0. The van der Waals surface area contributed by atoms with E-state index in [-0.39, 0.29) is 0 Å². The van der Waals surface area contributed by atoms with Gasteiger partial charge < -0.3 is 0 Å². The smallest absolute Gasteiger partial charge is 0.0266 e. The number of rotatable bonds is 2. The van der Waals surface area contributed by atoms with Gasteiger partial charge in [-0.1, -0.05) is 12.2 Å². The first-order valence-corrected chi connectivity index (χ1v) is 2.57. The van der Waals surface area contributed by atoms with Gasteiger partial charge in [0, 0.05) is 12.4 Å². The van der Waals surface area contributed by atoms with E-state index in [1.54, 1.807) is 12.4 Å². The predicted molar refractivity (Wildman–Crippen MR) is 38.1 cm³/mol. The van der Waals surface area contributed by atoms with Crippen LogP contribution in [0.3, 0.4) is 0 Å². The van der Waals surface area contributed by atoms with Crippen LogP contribution in [0.4, 0.5) is 0 Å². The summed E-state index contributed by atoms with van der Waals surface area (Å²) in [7, 11) is 0. The molecular weight excluding hydrogens is 98.1 g/mol. The van der Waals surface area contributed by atoms with Crippen LogP contribution in [0.25, 0.3) is 0 Å². The fourth-order valence-electron chi connectivity index (χ4n) is 0.256. The van der Waals surface area contributed by atoms with Gasteiger partial charge in [-0.25, -0.2) is 0 Å². The quantitative estimate of drug-likeness (QED) is 0.380. The molecule has 8 heavy (non-hydrogen) atoms.